The monoisotopic (exact) mass is 252 g/mol. The van der Waals surface area contributed by atoms with E-state index in [0.29, 0.717) is 37.9 Å². The van der Waals surface area contributed by atoms with Crippen molar-refractivity contribution in [1.82, 2.24) is 15.0 Å². The quantitative estimate of drug-likeness (QED) is 0.707. The number of amides is 2. The smallest absolute Gasteiger partial charge is 0.328 e. The summed E-state index contributed by atoms with van der Waals surface area (Å²) in [4.78, 5) is 20.4. The molecule has 1 aromatic rings. The van der Waals surface area contributed by atoms with Crippen molar-refractivity contribution in [2.45, 2.75) is 0 Å². The van der Waals surface area contributed by atoms with Gasteiger partial charge in [-0.1, -0.05) is 10.3 Å². The van der Waals surface area contributed by atoms with Crippen molar-refractivity contribution in [2.24, 2.45) is 5.16 Å². The number of hydrogen-bond donors (Lipinski definition) is 0. The molecule has 1 saturated heterocycles. The molecule has 0 aliphatic carbocycles. The first-order chi connectivity index (χ1) is 8.86. The second kappa shape index (κ2) is 4.65. The van der Waals surface area contributed by atoms with Crippen molar-refractivity contribution >= 4 is 11.9 Å². The third kappa shape index (κ3) is 1.90. The van der Waals surface area contributed by atoms with Gasteiger partial charge in [-0.25, -0.2) is 9.69 Å². The minimum Gasteiger partial charge on any atom is -0.378 e. The van der Waals surface area contributed by atoms with Gasteiger partial charge in [0.2, 0.25) is 11.6 Å². The van der Waals surface area contributed by atoms with Crippen molar-refractivity contribution in [3.8, 4) is 0 Å². The summed E-state index contributed by atoms with van der Waals surface area (Å²) in [5.41, 5.74) is 0. The van der Waals surface area contributed by atoms with Gasteiger partial charge < -0.3 is 19.0 Å². The minimum absolute atomic E-state index is 0.0895. The predicted molar refractivity (Wildman–Crippen MR) is 58.6 cm³/mol. The molecule has 0 radical (unpaired) electrons. The van der Waals surface area contributed by atoms with Gasteiger partial charge in [0.1, 0.15) is 0 Å². The Hall–Kier alpha value is -2.09. The van der Waals surface area contributed by atoms with Gasteiger partial charge in [0.25, 0.3) is 0 Å². The highest BCUT2D eigenvalue weighted by Gasteiger charge is 2.32. The summed E-state index contributed by atoms with van der Waals surface area (Å²) in [6.45, 7) is 2.33. The highest BCUT2D eigenvalue weighted by Crippen LogP contribution is 2.14. The number of carbonyl (C=O) groups excluding carboxylic acids is 1. The zero-order valence-electron chi connectivity index (χ0n) is 9.61. The number of nitrogens with zero attached hydrogens (tertiary/aromatic N) is 4. The summed E-state index contributed by atoms with van der Waals surface area (Å²) < 4.78 is 10.2. The Morgan fingerprint density at radius 1 is 1.33 bits per heavy atom. The number of morpholine rings is 1. The lowest BCUT2D eigenvalue weighted by Crippen LogP contribution is -2.49. The maximum atomic E-state index is 12.3. The van der Waals surface area contributed by atoms with E-state index in [1.807, 2.05) is 0 Å². The molecular formula is C10H12N4O4. The first-order valence-electron chi connectivity index (χ1n) is 5.61. The normalized spacial score (nSPS) is 19.7. The van der Waals surface area contributed by atoms with E-state index in [1.165, 1.54) is 11.1 Å². The standard InChI is InChI=1S/C10H12N4O4/c15-10(13-3-5-16-6-4-13)14-7-17-12-9(14)8-1-2-11-18-8/h1-2H,3-7H2. The number of urea groups is 1. The van der Waals surface area contributed by atoms with E-state index in [0.717, 1.165) is 0 Å². The number of hydrogen-bond acceptors (Lipinski definition) is 6. The molecule has 3 heterocycles. The Morgan fingerprint density at radius 2 is 2.17 bits per heavy atom. The molecular weight excluding hydrogens is 240 g/mol. The lowest BCUT2D eigenvalue weighted by molar-refractivity contribution is 0.0406. The molecule has 2 amide bonds. The lowest BCUT2D eigenvalue weighted by Gasteiger charge is -2.29. The van der Waals surface area contributed by atoms with Gasteiger partial charge in [0, 0.05) is 19.2 Å². The van der Waals surface area contributed by atoms with E-state index in [2.05, 4.69) is 10.3 Å². The molecule has 8 nitrogen and oxygen atoms in total. The zero-order valence-corrected chi connectivity index (χ0v) is 9.61. The molecule has 96 valence electrons. The van der Waals surface area contributed by atoms with Crippen molar-refractivity contribution in [1.29, 1.82) is 0 Å². The molecule has 2 aliphatic heterocycles. The largest absolute Gasteiger partial charge is 0.378 e. The molecule has 0 bridgehead atoms. The summed E-state index contributed by atoms with van der Waals surface area (Å²) in [5, 5.41) is 7.40. The minimum atomic E-state index is -0.161. The Balaban J connectivity index is 1.75. The maximum Gasteiger partial charge on any atom is 0.328 e. The Bertz CT molecular complexity index is 452. The van der Waals surface area contributed by atoms with Gasteiger partial charge in [0.05, 0.1) is 19.4 Å². The van der Waals surface area contributed by atoms with Gasteiger partial charge in [-0.15, -0.1) is 0 Å². The maximum absolute atomic E-state index is 12.3. The molecule has 3 rings (SSSR count). The highest BCUT2D eigenvalue weighted by molar-refractivity contribution is 6.06. The summed E-state index contributed by atoms with van der Waals surface area (Å²) in [6.07, 6.45) is 1.49. The van der Waals surface area contributed by atoms with Crippen LogP contribution in [0.25, 0.3) is 0 Å². The second-order valence-electron chi connectivity index (χ2n) is 3.86. The van der Waals surface area contributed by atoms with Crippen molar-refractivity contribution < 1.29 is 18.9 Å². The van der Waals surface area contributed by atoms with E-state index in [9.17, 15) is 4.79 Å². The molecule has 0 atom stereocenters. The van der Waals surface area contributed by atoms with Crippen LogP contribution in [0.4, 0.5) is 4.79 Å². The van der Waals surface area contributed by atoms with Crippen LogP contribution in [-0.4, -0.2) is 59.9 Å². The number of aromatic nitrogens is 1. The van der Waals surface area contributed by atoms with Gasteiger partial charge >= 0.3 is 6.03 Å². The van der Waals surface area contributed by atoms with Crippen LogP contribution in [0.15, 0.2) is 21.9 Å². The molecule has 18 heavy (non-hydrogen) atoms. The third-order valence-electron chi connectivity index (χ3n) is 2.76. The third-order valence-corrected chi connectivity index (χ3v) is 2.76. The number of amidine groups is 1. The Kier molecular flexibility index (Phi) is 2.85. The molecule has 0 unspecified atom stereocenters. The van der Waals surface area contributed by atoms with Crippen LogP contribution in [0.5, 0.6) is 0 Å². The second-order valence-corrected chi connectivity index (χ2v) is 3.86. The van der Waals surface area contributed by atoms with Crippen molar-refractivity contribution in [3.63, 3.8) is 0 Å². The van der Waals surface area contributed by atoms with Crippen LogP contribution in [0.1, 0.15) is 5.76 Å². The van der Waals surface area contributed by atoms with Crippen molar-refractivity contribution in [3.05, 3.63) is 18.0 Å². The summed E-state index contributed by atoms with van der Waals surface area (Å²) >= 11 is 0. The number of carbonyl (C=O) groups is 1. The average molecular weight is 252 g/mol. The van der Waals surface area contributed by atoms with Crippen LogP contribution < -0.4 is 0 Å². The zero-order chi connectivity index (χ0) is 12.4. The van der Waals surface area contributed by atoms with Crippen LogP contribution in [0.2, 0.25) is 0 Å². The SMILES string of the molecule is O=C(N1CCOCC1)N1CON=C1c1ccno1. The number of rotatable bonds is 1. The van der Waals surface area contributed by atoms with Gasteiger partial charge in [-0.2, -0.15) is 0 Å². The molecule has 2 aliphatic rings. The van der Waals surface area contributed by atoms with Crippen LogP contribution in [-0.2, 0) is 9.57 Å². The summed E-state index contributed by atoms with van der Waals surface area (Å²) in [5.74, 6) is 0.762. The van der Waals surface area contributed by atoms with E-state index in [-0.39, 0.29) is 12.8 Å². The average Bonchev–Trinajstić information content (AvgIpc) is 3.09. The number of ether oxygens (including phenoxy) is 1. The van der Waals surface area contributed by atoms with Crippen LogP contribution in [0.3, 0.4) is 0 Å². The van der Waals surface area contributed by atoms with Crippen molar-refractivity contribution in [2.75, 3.05) is 33.0 Å². The van der Waals surface area contributed by atoms with E-state index < -0.39 is 0 Å². The fourth-order valence-corrected chi connectivity index (χ4v) is 1.84. The van der Waals surface area contributed by atoms with Gasteiger partial charge in [-0.05, 0) is 0 Å². The molecule has 0 N–H and O–H groups in total. The van der Waals surface area contributed by atoms with E-state index in [1.54, 1.807) is 11.0 Å². The van der Waals surface area contributed by atoms with Gasteiger partial charge in [-0.3, -0.25) is 0 Å². The predicted octanol–water partition coefficient (Wildman–Crippen LogP) is 0.0781. The first kappa shape index (κ1) is 11.0. The highest BCUT2D eigenvalue weighted by atomic mass is 16.7. The lowest BCUT2D eigenvalue weighted by atomic mass is 10.4. The first-order valence-corrected chi connectivity index (χ1v) is 5.61. The van der Waals surface area contributed by atoms with Crippen LogP contribution >= 0.6 is 0 Å². The van der Waals surface area contributed by atoms with Crippen LogP contribution in [0, 0.1) is 0 Å². The molecule has 0 aromatic carbocycles. The van der Waals surface area contributed by atoms with E-state index in [4.69, 9.17) is 14.1 Å². The fourth-order valence-electron chi connectivity index (χ4n) is 1.84. The molecule has 1 fully saturated rings. The van der Waals surface area contributed by atoms with Gasteiger partial charge in [0.15, 0.2) is 6.73 Å². The number of oxime groups is 1. The topological polar surface area (TPSA) is 80.4 Å². The Morgan fingerprint density at radius 3 is 2.89 bits per heavy atom. The molecule has 8 heteroatoms. The molecule has 0 spiro atoms. The molecule has 1 aromatic heterocycles. The molecule has 0 saturated carbocycles. The summed E-state index contributed by atoms with van der Waals surface area (Å²) in [7, 11) is 0. The summed E-state index contributed by atoms with van der Waals surface area (Å²) in [6, 6.07) is 1.47. The fraction of sp³-hybridized carbons (Fsp3) is 0.500. The van der Waals surface area contributed by atoms with E-state index >= 15 is 0 Å². The Labute approximate surface area is 103 Å².